The predicted octanol–water partition coefficient (Wildman–Crippen LogP) is 4.52. The van der Waals surface area contributed by atoms with Gasteiger partial charge in [-0.25, -0.2) is 19.2 Å². The SMILES string of the molecule is COC(=O)/C(=C/CC[C@H](NC(=O)OCc1ccccc1)C(=O)OCC[Si](C)(C)C)NC(=O)OC(C)(C)C. The third kappa shape index (κ3) is 14.7. The Bertz CT molecular complexity index is 936. The molecule has 10 nitrogen and oxygen atoms in total. The topological polar surface area (TPSA) is 129 Å². The molecular formula is C26H40N2O8Si. The van der Waals surface area contributed by atoms with Crippen LogP contribution in [0.2, 0.25) is 25.7 Å². The van der Waals surface area contributed by atoms with Crippen LogP contribution in [0.25, 0.3) is 0 Å². The first kappa shape index (κ1) is 31.7. The number of ether oxygens (including phenoxy) is 4. The van der Waals surface area contributed by atoms with E-state index in [-0.39, 0.29) is 31.8 Å². The molecule has 0 spiro atoms. The average molecular weight is 537 g/mol. The minimum absolute atomic E-state index is 0.0380. The van der Waals surface area contributed by atoms with Gasteiger partial charge < -0.3 is 24.3 Å². The molecular weight excluding hydrogens is 496 g/mol. The smallest absolute Gasteiger partial charge is 0.412 e. The van der Waals surface area contributed by atoms with Crippen LogP contribution < -0.4 is 10.6 Å². The largest absolute Gasteiger partial charge is 0.464 e. The van der Waals surface area contributed by atoms with Gasteiger partial charge in [0, 0.05) is 8.07 Å². The first-order valence-electron chi connectivity index (χ1n) is 12.1. The van der Waals surface area contributed by atoms with E-state index in [4.69, 9.17) is 18.9 Å². The summed E-state index contributed by atoms with van der Waals surface area (Å²) in [6, 6.07) is 8.87. The first-order chi connectivity index (χ1) is 17.2. The van der Waals surface area contributed by atoms with Gasteiger partial charge in [0.15, 0.2) is 0 Å². The van der Waals surface area contributed by atoms with Gasteiger partial charge in [0.1, 0.15) is 23.9 Å². The summed E-state index contributed by atoms with van der Waals surface area (Å²) in [4.78, 5) is 49.4. The molecule has 1 aromatic carbocycles. The Morgan fingerprint density at radius 2 is 1.65 bits per heavy atom. The first-order valence-corrected chi connectivity index (χ1v) is 15.8. The van der Waals surface area contributed by atoms with Crippen molar-refractivity contribution >= 4 is 32.2 Å². The van der Waals surface area contributed by atoms with Crippen molar-refractivity contribution in [2.75, 3.05) is 13.7 Å². The molecule has 0 saturated carbocycles. The minimum atomic E-state index is -1.43. The Kier molecular flexibility index (Phi) is 12.9. The summed E-state index contributed by atoms with van der Waals surface area (Å²) in [5.41, 5.74) is -0.111. The summed E-state index contributed by atoms with van der Waals surface area (Å²) in [5.74, 6) is -1.39. The molecule has 0 aliphatic rings. The minimum Gasteiger partial charge on any atom is -0.464 e. The molecule has 0 bridgehead atoms. The number of allylic oxidation sites excluding steroid dienone is 1. The fraction of sp³-hybridized carbons (Fsp3) is 0.538. The summed E-state index contributed by atoms with van der Waals surface area (Å²) in [6.45, 7) is 11.8. The highest BCUT2D eigenvalue weighted by Crippen LogP contribution is 2.11. The lowest BCUT2D eigenvalue weighted by molar-refractivity contribution is -0.145. The number of rotatable bonds is 12. The van der Waals surface area contributed by atoms with E-state index in [1.54, 1.807) is 20.8 Å². The van der Waals surface area contributed by atoms with E-state index < -0.39 is 43.8 Å². The van der Waals surface area contributed by atoms with Crippen LogP contribution in [0.1, 0.15) is 39.2 Å². The number of hydrogen-bond donors (Lipinski definition) is 2. The number of nitrogens with one attached hydrogen (secondary N) is 2. The maximum Gasteiger partial charge on any atom is 0.412 e. The van der Waals surface area contributed by atoms with Crippen LogP contribution in [-0.2, 0) is 35.1 Å². The average Bonchev–Trinajstić information content (AvgIpc) is 2.79. The highest BCUT2D eigenvalue weighted by molar-refractivity contribution is 6.76. The van der Waals surface area contributed by atoms with Crippen molar-refractivity contribution in [3.8, 4) is 0 Å². The van der Waals surface area contributed by atoms with E-state index in [2.05, 4.69) is 30.3 Å². The second-order valence-corrected chi connectivity index (χ2v) is 16.2. The molecule has 0 heterocycles. The molecule has 0 aromatic heterocycles. The number of alkyl carbamates (subject to hydrolysis) is 2. The zero-order valence-electron chi connectivity index (χ0n) is 22.8. The van der Waals surface area contributed by atoms with Gasteiger partial charge in [0.05, 0.1) is 13.7 Å². The Morgan fingerprint density at radius 3 is 2.22 bits per heavy atom. The lowest BCUT2D eigenvalue weighted by atomic mass is 10.1. The van der Waals surface area contributed by atoms with E-state index in [1.807, 2.05) is 30.3 Å². The predicted molar refractivity (Wildman–Crippen MR) is 141 cm³/mol. The summed E-state index contributed by atoms with van der Waals surface area (Å²) >= 11 is 0. The molecule has 1 atom stereocenters. The number of hydrogen-bond acceptors (Lipinski definition) is 8. The quantitative estimate of drug-likeness (QED) is 0.173. The van der Waals surface area contributed by atoms with Crippen LogP contribution in [0, 0.1) is 0 Å². The lowest BCUT2D eigenvalue weighted by Gasteiger charge is -2.20. The van der Waals surface area contributed by atoms with Gasteiger partial charge in [-0.3, -0.25) is 5.32 Å². The number of benzene rings is 1. The van der Waals surface area contributed by atoms with E-state index in [9.17, 15) is 19.2 Å². The molecule has 206 valence electrons. The summed E-state index contributed by atoms with van der Waals surface area (Å²) in [7, 11) is -0.257. The van der Waals surface area contributed by atoms with Gasteiger partial charge in [-0.15, -0.1) is 0 Å². The fourth-order valence-corrected chi connectivity index (χ4v) is 3.53. The van der Waals surface area contributed by atoms with Crippen molar-refractivity contribution < 1.29 is 38.1 Å². The van der Waals surface area contributed by atoms with Gasteiger partial charge in [-0.1, -0.05) is 56.0 Å². The molecule has 0 fully saturated rings. The molecule has 1 rings (SSSR count). The van der Waals surface area contributed by atoms with Crippen molar-refractivity contribution in [3.63, 3.8) is 0 Å². The highest BCUT2D eigenvalue weighted by atomic mass is 28.3. The highest BCUT2D eigenvalue weighted by Gasteiger charge is 2.25. The fourth-order valence-electron chi connectivity index (χ4n) is 2.82. The Hall–Kier alpha value is -3.34. The molecule has 0 aliphatic carbocycles. The molecule has 0 radical (unpaired) electrons. The van der Waals surface area contributed by atoms with Crippen LogP contribution in [0.3, 0.4) is 0 Å². The molecule has 0 aliphatic heterocycles. The van der Waals surface area contributed by atoms with Crippen LogP contribution >= 0.6 is 0 Å². The molecule has 0 unspecified atom stereocenters. The van der Waals surface area contributed by atoms with Crippen LogP contribution in [0.5, 0.6) is 0 Å². The van der Waals surface area contributed by atoms with E-state index in [0.717, 1.165) is 11.6 Å². The molecule has 37 heavy (non-hydrogen) atoms. The second kappa shape index (κ2) is 15.0. The summed E-state index contributed by atoms with van der Waals surface area (Å²) in [6.07, 6.45) is 0.0132. The van der Waals surface area contributed by atoms with Gasteiger partial charge in [-0.05, 0) is 45.2 Å². The van der Waals surface area contributed by atoms with Crippen LogP contribution in [-0.4, -0.2) is 57.6 Å². The molecule has 1 aromatic rings. The van der Waals surface area contributed by atoms with Gasteiger partial charge in [-0.2, -0.15) is 0 Å². The van der Waals surface area contributed by atoms with Crippen molar-refractivity contribution in [2.24, 2.45) is 0 Å². The summed E-state index contributed by atoms with van der Waals surface area (Å²) in [5, 5.41) is 4.90. The summed E-state index contributed by atoms with van der Waals surface area (Å²) < 4.78 is 20.5. The number of amides is 2. The number of esters is 2. The van der Waals surface area contributed by atoms with E-state index in [0.29, 0.717) is 0 Å². The zero-order chi connectivity index (χ0) is 28.1. The number of carbonyl (C=O) groups excluding carboxylic acids is 4. The van der Waals surface area contributed by atoms with Gasteiger partial charge >= 0.3 is 24.1 Å². The van der Waals surface area contributed by atoms with Crippen molar-refractivity contribution in [2.45, 2.75) is 77.5 Å². The number of methoxy groups -OCH3 is 1. The Labute approximate surface area is 220 Å². The monoisotopic (exact) mass is 536 g/mol. The third-order valence-electron chi connectivity index (χ3n) is 4.73. The van der Waals surface area contributed by atoms with Crippen molar-refractivity contribution in [1.82, 2.24) is 10.6 Å². The van der Waals surface area contributed by atoms with Crippen molar-refractivity contribution in [1.29, 1.82) is 0 Å². The van der Waals surface area contributed by atoms with Gasteiger partial charge in [0.25, 0.3) is 0 Å². The lowest BCUT2D eigenvalue weighted by Crippen LogP contribution is -2.42. The third-order valence-corrected chi connectivity index (χ3v) is 6.43. The second-order valence-electron chi connectivity index (χ2n) is 10.6. The van der Waals surface area contributed by atoms with Crippen LogP contribution in [0.15, 0.2) is 42.1 Å². The number of carbonyl (C=O) groups is 4. The van der Waals surface area contributed by atoms with Crippen LogP contribution in [0.4, 0.5) is 9.59 Å². The van der Waals surface area contributed by atoms with Gasteiger partial charge in [0.2, 0.25) is 0 Å². The molecule has 0 saturated heterocycles. The Morgan fingerprint density at radius 1 is 1.00 bits per heavy atom. The molecule has 2 N–H and O–H groups in total. The molecule has 2 amide bonds. The zero-order valence-corrected chi connectivity index (χ0v) is 23.8. The van der Waals surface area contributed by atoms with E-state index >= 15 is 0 Å². The Balaban J connectivity index is 2.87. The normalized spacial score (nSPS) is 12.7. The maximum atomic E-state index is 12.8. The van der Waals surface area contributed by atoms with Crippen molar-refractivity contribution in [3.05, 3.63) is 47.7 Å². The maximum absolute atomic E-state index is 12.8. The standard InChI is InChI=1S/C26H40N2O8Si/c1-26(2,3)36-25(32)28-20(22(29)33-4)14-11-15-21(23(30)34-16-17-37(5,6)7)27-24(31)35-18-19-12-9-8-10-13-19/h8-10,12-14,21H,11,15-18H2,1-7H3,(H,27,31)(H,28,32)/b20-14-/t21-/m0/s1. The molecule has 11 heteroatoms. The van der Waals surface area contributed by atoms with E-state index in [1.165, 1.54) is 13.2 Å².